The lowest BCUT2D eigenvalue weighted by atomic mass is 10.1. The zero-order chi connectivity index (χ0) is 10.6. The smallest absolute Gasteiger partial charge is 0.134 e. The van der Waals surface area contributed by atoms with Crippen molar-refractivity contribution in [2.24, 2.45) is 0 Å². The number of terminal acetylenes is 1. The van der Waals surface area contributed by atoms with Crippen LogP contribution in [0.1, 0.15) is 18.6 Å². The standard InChI is InChI=1S/C11H14N2O/c1-4-8-13(3)11-10(9(2)14)6-5-7-12-11/h1,5-7,9,14H,8H2,2-3H3. The van der Waals surface area contributed by atoms with Crippen LogP contribution in [0.3, 0.4) is 0 Å². The van der Waals surface area contributed by atoms with Crippen molar-refractivity contribution in [3.63, 3.8) is 0 Å². The third-order valence-electron chi connectivity index (χ3n) is 1.96. The zero-order valence-corrected chi connectivity index (χ0v) is 8.44. The van der Waals surface area contributed by atoms with Gasteiger partial charge in [0.2, 0.25) is 0 Å². The van der Waals surface area contributed by atoms with Crippen LogP contribution in [0.2, 0.25) is 0 Å². The van der Waals surface area contributed by atoms with Gasteiger partial charge in [0.15, 0.2) is 0 Å². The second-order valence-corrected chi connectivity index (χ2v) is 3.15. The monoisotopic (exact) mass is 190 g/mol. The van der Waals surface area contributed by atoms with Crippen LogP contribution < -0.4 is 4.90 Å². The number of hydrogen-bond donors (Lipinski definition) is 1. The average Bonchev–Trinajstić information content (AvgIpc) is 2.18. The van der Waals surface area contributed by atoms with Crippen LogP contribution in [0, 0.1) is 12.3 Å². The van der Waals surface area contributed by atoms with Gasteiger partial charge in [-0.05, 0) is 13.0 Å². The largest absolute Gasteiger partial charge is 0.389 e. The van der Waals surface area contributed by atoms with Gasteiger partial charge in [-0.15, -0.1) is 6.42 Å². The Bertz CT molecular complexity index is 341. The third kappa shape index (κ3) is 2.24. The fourth-order valence-corrected chi connectivity index (χ4v) is 1.27. The molecule has 1 aromatic rings. The summed E-state index contributed by atoms with van der Waals surface area (Å²) in [6.45, 7) is 2.20. The molecule has 1 atom stereocenters. The van der Waals surface area contributed by atoms with Crippen LogP contribution >= 0.6 is 0 Å². The van der Waals surface area contributed by atoms with Crippen molar-refractivity contribution in [2.45, 2.75) is 13.0 Å². The first-order chi connectivity index (χ1) is 6.66. The number of aromatic nitrogens is 1. The van der Waals surface area contributed by atoms with Crippen LogP contribution in [-0.4, -0.2) is 23.7 Å². The summed E-state index contributed by atoms with van der Waals surface area (Å²) in [4.78, 5) is 6.02. The van der Waals surface area contributed by atoms with Crippen molar-refractivity contribution in [2.75, 3.05) is 18.5 Å². The highest BCUT2D eigenvalue weighted by atomic mass is 16.3. The lowest BCUT2D eigenvalue weighted by molar-refractivity contribution is 0.199. The summed E-state index contributed by atoms with van der Waals surface area (Å²) in [6, 6.07) is 3.65. The molecule has 0 amide bonds. The van der Waals surface area contributed by atoms with Crippen molar-refractivity contribution >= 4 is 5.82 Å². The molecule has 0 aliphatic rings. The molecule has 0 saturated heterocycles. The number of aliphatic hydroxyl groups is 1. The Kier molecular flexibility index (Phi) is 3.49. The average molecular weight is 190 g/mol. The molecule has 0 aromatic carbocycles. The summed E-state index contributed by atoms with van der Waals surface area (Å²) in [5, 5.41) is 9.50. The SMILES string of the molecule is C#CCN(C)c1ncccc1C(C)O. The van der Waals surface area contributed by atoms with E-state index in [1.165, 1.54) is 0 Å². The Hall–Kier alpha value is -1.53. The van der Waals surface area contributed by atoms with Crippen molar-refractivity contribution in [3.05, 3.63) is 23.9 Å². The molecule has 1 heterocycles. The maximum Gasteiger partial charge on any atom is 0.134 e. The lowest BCUT2D eigenvalue weighted by Crippen LogP contribution is -2.20. The van der Waals surface area contributed by atoms with Crippen LogP contribution in [0.15, 0.2) is 18.3 Å². The van der Waals surface area contributed by atoms with Crippen molar-refractivity contribution in [1.82, 2.24) is 4.98 Å². The van der Waals surface area contributed by atoms with E-state index in [-0.39, 0.29) is 0 Å². The fraction of sp³-hybridized carbons (Fsp3) is 0.364. The summed E-state index contributed by atoms with van der Waals surface area (Å²) >= 11 is 0. The van der Waals surface area contributed by atoms with Gasteiger partial charge in [-0.25, -0.2) is 4.98 Å². The van der Waals surface area contributed by atoms with E-state index in [0.717, 1.165) is 11.4 Å². The number of nitrogens with zero attached hydrogens (tertiary/aromatic N) is 2. The van der Waals surface area contributed by atoms with E-state index in [9.17, 15) is 5.11 Å². The van der Waals surface area contributed by atoms with Gasteiger partial charge in [0.05, 0.1) is 12.6 Å². The molecule has 14 heavy (non-hydrogen) atoms. The van der Waals surface area contributed by atoms with Gasteiger partial charge in [0.25, 0.3) is 0 Å². The normalized spacial score (nSPS) is 11.9. The highest BCUT2D eigenvalue weighted by Crippen LogP contribution is 2.22. The molecule has 0 saturated carbocycles. The first kappa shape index (κ1) is 10.6. The molecular formula is C11H14N2O. The molecule has 1 N–H and O–H groups in total. The van der Waals surface area contributed by atoms with E-state index in [1.54, 1.807) is 19.2 Å². The number of rotatable bonds is 3. The maximum atomic E-state index is 9.50. The predicted molar refractivity (Wildman–Crippen MR) is 57.0 cm³/mol. The van der Waals surface area contributed by atoms with Gasteiger partial charge in [0.1, 0.15) is 5.82 Å². The summed E-state index contributed by atoms with van der Waals surface area (Å²) in [5.74, 6) is 3.27. The Morgan fingerprint density at radius 1 is 1.71 bits per heavy atom. The molecule has 3 heteroatoms. The van der Waals surface area contributed by atoms with Gasteiger partial charge in [-0.1, -0.05) is 12.0 Å². The molecule has 3 nitrogen and oxygen atoms in total. The number of hydrogen-bond acceptors (Lipinski definition) is 3. The van der Waals surface area contributed by atoms with Crippen molar-refractivity contribution in [3.8, 4) is 12.3 Å². The summed E-state index contributed by atoms with van der Waals surface area (Å²) in [6.07, 6.45) is 6.37. The zero-order valence-electron chi connectivity index (χ0n) is 8.44. The molecule has 0 aliphatic carbocycles. The van der Waals surface area contributed by atoms with Crippen LogP contribution in [-0.2, 0) is 0 Å². The van der Waals surface area contributed by atoms with Crippen molar-refractivity contribution < 1.29 is 5.11 Å². The van der Waals surface area contributed by atoms with E-state index in [2.05, 4.69) is 10.9 Å². The molecule has 1 aromatic heterocycles. The van der Waals surface area contributed by atoms with Crippen molar-refractivity contribution in [1.29, 1.82) is 0 Å². The van der Waals surface area contributed by atoms with Gasteiger partial charge in [-0.2, -0.15) is 0 Å². The van der Waals surface area contributed by atoms with Gasteiger partial charge in [0, 0.05) is 18.8 Å². The summed E-state index contributed by atoms with van der Waals surface area (Å²) in [5.41, 5.74) is 0.797. The minimum absolute atomic E-state index is 0.483. The van der Waals surface area contributed by atoms with E-state index < -0.39 is 6.10 Å². The fourth-order valence-electron chi connectivity index (χ4n) is 1.27. The van der Waals surface area contributed by atoms with Gasteiger partial charge in [-0.3, -0.25) is 0 Å². The highest BCUT2D eigenvalue weighted by molar-refractivity contribution is 5.47. The number of anilines is 1. The number of pyridine rings is 1. The second kappa shape index (κ2) is 4.64. The third-order valence-corrected chi connectivity index (χ3v) is 1.96. The summed E-state index contributed by atoms with van der Waals surface area (Å²) < 4.78 is 0. The highest BCUT2D eigenvalue weighted by Gasteiger charge is 2.11. The van der Waals surface area contributed by atoms with Crippen LogP contribution in [0.4, 0.5) is 5.82 Å². The van der Waals surface area contributed by atoms with Crippen LogP contribution in [0.5, 0.6) is 0 Å². The summed E-state index contributed by atoms with van der Waals surface area (Å²) in [7, 11) is 1.86. The molecule has 0 radical (unpaired) electrons. The maximum absolute atomic E-state index is 9.50. The van der Waals surface area contributed by atoms with E-state index in [0.29, 0.717) is 6.54 Å². The van der Waals surface area contributed by atoms with Gasteiger partial charge >= 0.3 is 0 Å². The number of aliphatic hydroxyl groups excluding tert-OH is 1. The molecular weight excluding hydrogens is 176 g/mol. The van der Waals surface area contributed by atoms with E-state index in [1.807, 2.05) is 18.0 Å². The minimum Gasteiger partial charge on any atom is -0.389 e. The topological polar surface area (TPSA) is 36.4 Å². The molecule has 1 rings (SSSR count). The Morgan fingerprint density at radius 3 is 3.00 bits per heavy atom. The second-order valence-electron chi connectivity index (χ2n) is 3.15. The molecule has 0 aliphatic heterocycles. The Labute approximate surface area is 84.4 Å². The first-order valence-corrected chi connectivity index (χ1v) is 4.44. The van der Waals surface area contributed by atoms with Gasteiger partial charge < -0.3 is 10.0 Å². The molecule has 0 spiro atoms. The molecule has 0 bridgehead atoms. The van der Waals surface area contributed by atoms with E-state index >= 15 is 0 Å². The Morgan fingerprint density at radius 2 is 2.43 bits per heavy atom. The quantitative estimate of drug-likeness (QED) is 0.728. The predicted octanol–water partition coefficient (Wildman–Crippen LogP) is 1.20. The molecule has 1 unspecified atom stereocenters. The molecule has 0 fully saturated rings. The van der Waals surface area contributed by atoms with E-state index in [4.69, 9.17) is 6.42 Å². The van der Waals surface area contributed by atoms with Crippen LogP contribution in [0.25, 0.3) is 0 Å². The lowest BCUT2D eigenvalue weighted by Gasteiger charge is -2.19. The molecule has 74 valence electrons. The first-order valence-electron chi connectivity index (χ1n) is 4.44. The minimum atomic E-state index is -0.529. The Balaban J connectivity index is 3.01.